The van der Waals surface area contributed by atoms with Crippen LogP contribution in [0.5, 0.6) is 0 Å². The third-order valence-electron chi connectivity index (χ3n) is 9.37. The molecule has 48 heavy (non-hydrogen) atoms. The number of aromatic nitrogens is 1. The van der Waals surface area contributed by atoms with Gasteiger partial charge in [0.1, 0.15) is 11.4 Å². The average molecular weight is 688 g/mol. The largest absolute Gasteiger partial charge is 0.337 e. The molecule has 10 nitrogen and oxygen atoms in total. The third-order valence-corrected chi connectivity index (χ3v) is 11.4. The van der Waals surface area contributed by atoms with E-state index >= 15 is 0 Å². The van der Waals surface area contributed by atoms with Crippen molar-refractivity contribution in [2.24, 2.45) is 4.99 Å². The maximum Gasteiger partial charge on any atom is 0.264 e. The zero-order valence-corrected chi connectivity index (χ0v) is 29.4. The molecule has 12 heteroatoms. The van der Waals surface area contributed by atoms with Crippen molar-refractivity contribution in [1.29, 1.82) is 0 Å². The lowest BCUT2D eigenvalue weighted by atomic mass is 9.95. The van der Waals surface area contributed by atoms with Gasteiger partial charge >= 0.3 is 0 Å². The topological polar surface area (TPSA) is 125 Å². The second-order valence-electron chi connectivity index (χ2n) is 12.8. The molecule has 2 aromatic heterocycles. The lowest BCUT2D eigenvalue weighted by Gasteiger charge is -2.24. The Bertz CT molecular complexity index is 1960. The minimum atomic E-state index is -4.10. The summed E-state index contributed by atoms with van der Waals surface area (Å²) in [6, 6.07) is 14.4. The van der Waals surface area contributed by atoms with Gasteiger partial charge in [-0.3, -0.25) is 19.5 Å². The number of amides is 2. The van der Waals surface area contributed by atoms with Crippen LogP contribution < -0.4 is 4.72 Å². The van der Waals surface area contributed by atoms with Crippen molar-refractivity contribution >= 4 is 44.9 Å². The van der Waals surface area contributed by atoms with Gasteiger partial charge in [0.25, 0.3) is 21.8 Å². The second-order valence-corrected chi connectivity index (χ2v) is 15.2. The normalized spacial score (nSPS) is 15.7. The molecule has 0 saturated heterocycles. The van der Waals surface area contributed by atoms with Crippen molar-refractivity contribution in [2.45, 2.75) is 89.2 Å². The second kappa shape index (κ2) is 13.7. The lowest BCUT2D eigenvalue weighted by molar-refractivity contribution is -0.131. The fourth-order valence-corrected chi connectivity index (χ4v) is 8.46. The highest BCUT2D eigenvalue weighted by atomic mass is 32.2. The Labute approximate surface area is 285 Å². The zero-order chi connectivity index (χ0) is 34.1. The maximum absolute atomic E-state index is 13.9. The number of carbonyl (C=O) groups excluding carboxylic acids is 2. The van der Waals surface area contributed by atoms with E-state index in [0.29, 0.717) is 34.5 Å². The van der Waals surface area contributed by atoms with E-state index < -0.39 is 15.6 Å². The monoisotopic (exact) mass is 687 g/mol. The number of sulfonamides is 1. The molecule has 2 aliphatic rings. The smallest absolute Gasteiger partial charge is 0.264 e. The highest BCUT2D eigenvalue weighted by Gasteiger charge is 2.49. The molecule has 1 N–H and O–H groups in total. The van der Waals surface area contributed by atoms with Crippen molar-refractivity contribution in [3.63, 3.8) is 0 Å². The third kappa shape index (κ3) is 6.55. The first-order valence-electron chi connectivity index (χ1n) is 16.4. The highest BCUT2D eigenvalue weighted by Crippen LogP contribution is 2.40. The molecule has 1 fully saturated rings. The average Bonchev–Trinajstić information content (AvgIpc) is 3.89. The van der Waals surface area contributed by atoms with Crippen molar-refractivity contribution < 1.29 is 22.5 Å². The fourth-order valence-electron chi connectivity index (χ4n) is 6.56. The lowest BCUT2D eigenvalue weighted by Crippen LogP contribution is -2.40. The quantitative estimate of drug-likeness (QED) is 0.166. The van der Waals surface area contributed by atoms with Gasteiger partial charge in [-0.2, -0.15) is 11.3 Å². The minimum absolute atomic E-state index is 0.0612. The first kappa shape index (κ1) is 33.6. The van der Waals surface area contributed by atoms with Crippen LogP contribution >= 0.6 is 11.3 Å². The number of thiophene rings is 1. The molecule has 2 aromatic carbocycles. The number of anilines is 1. The standard InChI is InChI=1S/C36H41N5O5S2/c1-5-6-13-32-37-36(17-9-10-18-36)35(43)41(32)21-26-14-15-29(28(20-26)22-40(4)34(42)27-16-19-47-23-27)30-11-7-8-12-31(30)48(44,45)39-33-24(2)25(3)38-46-33/h7-8,11-12,14-16,19-20,23,39H,5-6,9-10,13,17-18,21-22H2,1-4H3. The number of aliphatic imine (C=N–C) groups is 1. The molecule has 0 atom stereocenters. The molecule has 0 unspecified atom stereocenters. The van der Waals surface area contributed by atoms with Crippen LogP contribution in [0.1, 0.15) is 84.6 Å². The zero-order valence-electron chi connectivity index (χ0n) is 27.8. The van der Waals surface area contributed by atoms with Gasteiger partial charge in [0.05, 0.1) is 22.7 Å². The van der Waals surface area contributed by atoms with E-state index in [1.54, 1.807) is 56.1 Å². The molecule has 1 aliphatic heterocycles. The Hall–Kier alpha value is -4.29. The molecule has 1 spiro atoms. The van der Waals surface area contributed by atoms with Gasteiger partial charge < -0.3 is 9.42 Å². The Morgan fingerprint density at radius 2 is 1.88 bits per heavy atom. The number of unbranched alkanes of at least 4 members (excludes halogenated alkanes) is 1. The van der Waals surface area contributed by atoms with Gasteiger partial charge in [-0.15, -0.1) is 0 Å². The van der Waals surface area contributed by atoms with Crippen LogP contribution in [-0.2, 0) is 27.9 Å². The van der Waals surface area contributed by atoms with Gasteiger partial charge in [0.2, 0.25) is 5.88 Å². The number of hydrogen-bond acceptors (Lipinski definition) is 8. The Kier molecular flexibility index (Phi) is 9.57. The van der Waals surface area contributed by atoms with Gasteiger partial charge in [-0.25, -0.2) is 13.1 Å². The van der Waals surface area contributed by atoms with E-state index in [1.807, 2.05) is 33.9 Å². The summed E-state index contributed by atoms with van der Waals surface area (Å²) >= 11 is 1.45. The van der Waals surface area contributed by atoms with Gasteiger partial charge in [-0.05, 0) is 67.3 Å². The molecule has 4 aromatic rings. The molecule has 252 valence electrons. The van der Waals surface area contributed by atoms with E-state index in [4.69, 9.17) is 9.52 Å². The van der Waals surface area contributed by atoms with Crippen LogP contribution in [0.2, 0.25) is 0 Å². The van der Waals surface area contributed by atoms with Gasteiger partial charge in [0.15, 0.2) is 0 Å². The highest BCUT2D eigenvalue weighted by molar-refractivity contribution is 7.92. The minimum Gasteiger partial charge on any atom is -0.337 e. The first-order valence-corrected chi connectivity index (χ1v) is 18.8. The number of rotatable bonds is 12. The van der Waals surface area contributed by atoms with E-state index in [1.165, 1.54) is 11.3 Å². The predicted octanol–water partition coefficient (Wildman–Crippen LogP) is 7.34. The number of hydrogen-bond donors (Lipinski definition) is 1. The van der Waals surface area contributed by atoms with E-state index in [2.05, 4.69) is 16.8 Å². The molecule has 2 amide bonds. The SMILES string of the molecule is CCCCC1=NC2(CCCC2)C(=O)N1Cc1ccc(-c2ccccc2S(=O)(=O)Nc2onc(C)c2C)c(CN(C)C(=O)c2ccsc2)c1. The Balaban J connectivity index is 1.39. The number of aryl methyl sites for hydroxylation is 1. The summed E-state index contributed by atoms with van der Waals surface area (Å²) in [5.41, 5.74) is 3.92. The molecule has 1 aliphatic carbocycles. The number of carbonyl (C=O) groups is 2. The summed E-state index contributed by atoms with van der Waals surface area (Å²) in [5.74, 6) is 0.842. The number of nitrogens with zero attached hydrogens (tertiary/aromatic N) is 4. The Morgan fingerprint density at radius 3 is 2.56 bits per heavy atom. The molecule has 0 radical (unpaired) electrons. The summed E-state index contributed by atoms with van der Waals surface area (Å²) in [7, 11) is -2.36. The van der Waals surface area contributed by atoms with Crippen LogP contribution in [0.25, 0.3) is 11.1 Å². The fraction of sp³-hybridized carbons (Fsp3) is 0.389. The van der Waals surface area contributed by atoms with Gasteiger partial charge in [-0.1, -0.05) is 67.7 Å². The van der Waals surface area contributed by atoms with Gasteiger partial charge in [0, 0.05) is 36.5 Å². The van der Waals surface area contributed by atoms with Crippen LogP contribution in [0.15, 0.2) is 73.7 Å². The van der Waals surface area contributed by atoms with Crippen LogP contribution in [0, 0.1) is 13.8 Å². The summed E-state index contributed by atoms with van der Waals surface area (Å²) in [6.45, 7) is 6.19. The van der Waals surface area contributed by atoms with Crippen LogP contribution in [-0.4, -0.2) is 53.6 Å². The Morgan fingerprint density at radius 1 is 1.10 bits per heavy atom. The number of benzene rings is 2. The molecule has 0 bridgehead atoms. The van der Waals surface area contributed by atoms with Crippen LogP contribution in [0.4, 0.5) is 5.88 Å². The van der Waals surface area contributed by atoms with Crippen LogP contribution in [0.3, 0.4) is 0 Å². The maximum atomic E-state index is 13.9. The molecule has 3 heterocycles. The molecular formula is C36H41N5O5S2. The summed E-state index contributed by atoms with van der Waals surface area (Å²) in [5, 5.41) is 7.56. The summed E-state index contributed by atoms with van der Waals surface area (Å²) in [4.78, 5) is 35.8. The molecule has 1 saturated carbocycles. The summed E-state index contributed by atoms with van der Waals surface area (Å²) < 4.78 is 35.5. The molecular weight excluding hydrogens is 647 g/mol. The summed E-state index contributed by atoms with van der Waals surface area (Å²) in [6.07, 6.45) is 6.26. The van der Waals surface area contributed by atoms with Crippen molar-refractivity contribution in [1.82, 2.24) is 15.0 Å². The predicted molar refractivity (Wildman–Crippen MR) is 187 cm³/mol. The van der Waals surface area contributed by atoms with E-state index in [9.17, 15) is 18.0 Å². The first-order chi connectivity index (χ1) is 23.0. The van der Waals surface area contributed by atoms with Crippen molar-refractivity contribution in [3.8, 4) is 11.1 Å². The van der Waals surface area contributed by atoms with E-state index in [-0.39, 0.29) is 29.1 Å². The van der Waals surface area contributed by atoms with Crippen molar-refractivity contribution in [2.75, 3.05) is 11.8 Å². The van der Waals surface area contributed by atoms with E-state index in [0.717, 1.165) is 61.9 Å². The number of amidine groups is 1. The van der Waals surface area contributed by atoms with Crippen molar-refractivity contribution in [3.05, 3.63) is 87.2 Å². The number of nitrogens with one attached hydrogen (secondary N) is 1. The molecule has 6 rings (SSSR count).